The highest BCUT2D eigenvalue weighted by Gasteiger charge is 2.22. The monoisotopic (exact) mass is 430 g/mol. The molecular weight excluding hydrogens is 412 g/mol. The van der Waals surface area contributed by atoms with E-state index in [9.17, 15) is 14.7 Å². The van der Waals surface area contributed by atoms with Gasteiger partial charge in [-0.15, -0.1) is 0 Å². The molecule has 4 rings (SSSR count). The van der Waals surface area contributed by atoms with Crippen molar-refractivity contribution in [2.45, 2.75) is 6.54 Å². The summed E-state index contributed by atoms with van der Waals surface area (Å²) in [7, 11) is 0. The molecule has 1 aliphatic heterocycles. The van der Waals surface area contributed by atoms with Crippen molar-refractivity contribution < 1.29 is 9.90 Å². The number of amides is 1. The Bertz CT molecular complexity index is 1130. The molecule has 0 spiro atoms. The maximum absolute atomic E-state index is 12.7. The van der Waals surface area contributed by atoms with Gasteiger partial charge in [-0.3, -0.25) is 19.2 Å². The lowest BCUT2D eigenvalue weighted by Gasteiger charge is -2.33. The largest absolute Gasteiger partial charge is 0.507 e. The molecule has 0 aliphatic carbocycles. The molecule has 0 saturated carbocycles. The number of carbonyl (C=O) groups is 1. The molecule has 3 aromatic rings. The van der Waals surface area contributed by atoms with Crippen LogP contribution in [0.4, 0.5) is 0 Å². The van der Waals surface area contributed by atoms with Gasteiger partial charge < -0.3 is 10.0 Å². The van der Waals surface area contributed by atoms with E-state index in [4.69, 9.17) is 11.6 Å². The van der Waals surface area contributed by atoms with E-state index in [-0.39, 0.29) is 23.1 Å². The van der Waals surface area contributed by atoms with E-state index in [1.807, 2.05) is 11.1 Å². The predicted molar refractivity (Wildman–Crippen MR) is 115 cm³/mol. The Labute approximate surface area is 176 Å². The van der Waals surface area contributed by atoms with Crippen LogP contribution in [0, 0.1) is 0 Å². The van der Waals surface area contributed by atoms with E-state index in [1.54, 1.807) is 47.5 Å². The van der Waals surface area contributed by atoms with Crippen molar-refractivity contribution in [1.29, 1.82) is 0 Å². The third-order valence-electron chi connectivity index (χ3n) is 4.83. The topological polar surface area (TPSA) is 78.1 Å². The fourth-order valence-corrected chi connectivity index (χ4v) is 4.26. The number of nitrogens with zero attached hydrogens (tertiary/aromatic N) is 4. The number of para-hydroxylation sites is 1. The second-order valence-corrected chi connectivity index (χ2v) is 8.13. The summed E-state index contributed by atoms with van der Waals surface area (Å²) in [5.74, 6) is 0.0784. The smallest absolute Gasteiger partial charge is 0.308 e. The van der Waals surface area contributed by atoms with Crippen LogP contribution in [-0.2, 0) is 11.3 Å². The van der Waals surface area contributed by atoms with Gasteiger partial charge in [0.2, 0.25) is 5.91 Å². The second kappa shape index (κ2) is 8.26. The first-order valence-electron chi connectivity index (χ1n) is 9.15. The van der Waals surface area contributed by atoms with Crippen molar-refractivity contribution in [2.75, 3.05) is 26.2 Å². The van der Waals surface area contributed by atoms with E-state index in [0.717, 1.165) is 16.0 Å². The highest BCUT2D eigenvalue weighted by atomic mass is 35.5. The first kappa shape index (κ1) is 19.5. The number of carbonyl (C=O) groups excluding carboxylic acids is 1. The van der Waals surface area contributed by atoms with Crippen molar-refractivity contribution in [3.63, 3.8) is 0 Å². The van der Waals surface area contributed by atoms with Crippen molar-refractivity contribution in [1.82, 2.24) is 14.5 Å². The highest BCUT2D eigenvalue weighted by molar-refractivity contribution is 7.16. The summed E-state index contributed by atoms with van der Waals surface area (Å²) in [4.78, 5) is 26.6. The number of hydrogen-bond donors (Lipinski definition) is 1. The molecule has 1 N–H and O–H groups in total. The molecule has 1 fully saturated rings. The highest BCUT2D eigenvalue weighted by Crippen LogP contribution is 2.22. The summed E-state index contributed by atoms with van der Waals surface area (Å²) in [5, 5.41) is 16.6. The summed E-state index contributed by atoms with van der Waals surface area (Å²) in [6.07, 6.45) is 1.62. The van der Waals surface area contributed by atoms with Crippen molar-refractivity contribution in [3.05, 3.63) is 62.7 Å². The zero-order valence-electron chi connectivity index (χ0n) is 15.5. The minimum atomic E-state index is -0.165. The quantitative estimate of drug-likeness (QED) is 0.645. The number of piperazine rings is 1. The predicted octanol–water partition coefficient (Wildman–Crippen LogP) is 2.60. The fourth-order valence-electron chi connectivity index (χ4n) is 3.22. The molecule has 2 aromatic carbocycles. The molecular formula is C20H19ClN4O3S. The van der Waals surface area contributed by atoms with Gasteiger partial charge in [-0.25, -0.2) is 0 Å². The van der Waals surface area contributed by atoms with E-state index < -0.39 is 0 Å². The van der Waals surface area contributed by atoms with Crippen LogP contribution in [0.5, 0.6) is 5.75 Å². The Morgan fingerprint density at radius 3 is 2.69 bits per heavy atom. The van der Waals surface area contributed by atoms with Gasteiger partial charge in [-0.1, -0.05) is 35.1 Å². The number of thiazole rings is 1. The summed E-state index contributed by atoms with van der Waals surface area (Å²) in [6, 6.07) is 12.2. The molecule has 29 heavy (non-hydrogen) atoms. The second-order valence-electron chi connectivity index (χ2n) is 6.70. The lowest BCUT2D eigenvalue weighted by Crippen LogP contribution is -2.48. The van der Waals surface area contributed by atoms with E-state index >= 15 is 0 Å². The Kier molecular flexibility index (Phi) is 5.55. The average molecular weight is 431 g/mol. The first-order valence-corrected chi connectivity index (χ1v) is 10.3. The number of aromatic hydroxyl groups is 1. The lowest BCUT2D eigenvalue weighted by molar-refractivity contribution is -0.133. The number of halogens is 1. The van der Waals surface area contributed by atoms with Crippen molar-refractivity contribution >= 4 is 45.3 Å². The molecule has 0 unspecified atom stereocenters. The van der Waals surface area contributed by atoms with Gasteiger partial charge >= 0.3 is 4.87 Å². The van der Waals surface area contributed by atoms with Crippen LogP contribution in [0.15, 0.2) is 52.4 Å². The van der Waals surface area contributed by atoms with E-state index in [0.29, 0.717) is 42.3 Å². The minimum Gasteiger partial charge on any atom is -0.507 e. The zero-order valence-corrected chi connectivity index (χ0v) is 17.1. The number of rotatable bonds is 4. The summed E-state index contributed by atoms with van der Waals surface area (Å²) < 4.78 is 2.30. The SMILES string of the molecule is O=C(Cn1c(=O)sc2ccc(Cl)cc21)N1CCN(N=Cc2ccccc2O)CC1. The standard InChI is InChI=1S/C20H19ClN4O3S/c21-15-5-6-18-16(11-15)25(20(28)29-18)13-19(27)23-7-9-24(10-8-23)22-12-14-3-1-2-4-17(14)26/h1-6,11-12,26H,7-10,13H2. The number of hydrogen-bond acceptors (Lipinski definition) is 6. The molecule has 0 bridgehead atoms. The van der Waals surface area contributed by atoms with Crippen LogP contribution in [0.3, 0.4) is 0 Å². The Morgan fingerprint density at radius 1 is 1.17 bits per heavy atom. The number of phenols is 1. The van der Waals surface area contributed by atoms with Crippen LogP contribution < -0.4 is 4.87 Å². The van der Waals surface area contributed by atoms with Gasteiger partial charge in [0.15, 0.2) is 0 Å². The zero-order chi connectivity index (χ0) is 20.4. The first-order chi connectivity index (χ1) is 14.0. The number of phenolic OH excluding ortho intramolecular Hbond substituents is 1. The van der Waals surface area contributed by atoms with Gasteiger partial charge in [0.25, 0.3) is 0 Å². The minimum absolute atomic E-state index is 0.000329. The molecule has 0 radical (unpaired) electrons. The van der Waals surface area contributed by atoms with Gasteiger partial charge in [-0.05, 0) is 30.3 Å². The Morgan fingerprint density at radius 2 is 1.93 bits per heavy atom. The third kappa shape index (κ3) is 4.28. The van der Waals surface area contributed by atoms with E-state index in [1.165, 1.54) is 4.57 Å². The van der Waals surface area contributed by atoms with Crippen LogP contribution in [0.1, 0.15) is 5.56 Å². The number of hydrazone groups is 1. The van der Waals surface area contributed by atoms with Crippen LogP contribution in [0.25, 0.3) is 10.2 Å². The maximum atomic E-state index is 12.7. The van der Waals surface area contributed by atoms with Crippen molar-refractivity contribution in [3.8, 4) is 5.75 Å². The molecule has 9 heteroatoms. The maximum Gasteiger partial charge on any atom is 0.308 e. The molecule has 1 aromatic heterocycles. The number of benzene rings is 2. The van der Waals surface area contributed by atoms with Crippen LogP contribution in [-0.4, -0.2) is 57.9 Å². The summed E-state index contributed by atoms with van der Waals surface area (Å²) >= 11 is 7.16. The average Bonchev–Trinajstić information content (AvgIpc) is 3.02. The fraction of sp³-hybridized carbons (Fsp3) is 0.250. The van der Waals surface area contributed by atoms with Crippen LogP contribution in [0.2, 0.25) is 5.02 Å². The normalized spacial score (nSPS) is 14.8. The van der Waals surface area contributed by atoms with Gasteiger partial charge in [0, 0.05) is 23.7 Å². The molecule has 150 valence electrons. The molecule has 7 nitrogen and oxygen atoms in total. The Hall–Kier alpha value is -2.84. The summed E-state index contributed by atoms with van der Waals surface area (Å²) in [5.41, 5.74) is 1.33. The number of fused-ring (bicyclic) bond motifs is 1. The Balaban J connectivity index is 1.39. The third-order valence-corrected chi connectivity index (χ3v) is 6.02. The molecule has 1 saturated heterocycles. The lowest BCUT2D eigenvalue weighted by atomic mass is 10.2. The molecule has 1 amide bonds. The number of aromatic nitrogens is 1. The van der Waals surface area contributed by atoms with Crippen LogP contribution >= 0.6 is 22.9 Å². The summed E-state index contributed by atoms with van der Waals surface area (Å²) in [6.45, 7) is 2.21. The van der Waals surface area contributed by atoms with Gasteiger partial charge in [0.1, 0.15) is 12.3 Å². The van der Waals surface area contributed by atoms with Gasteiger partial charge in [-0.2, -0.15) is 5.10 Å². The molecule has 0 atom stereocenters. The van der Waals surface area contributed by atoms with E-state index in [2.05, 4.69) is 5.10 Å². The van der Waals surface area contributed by atoms with Gasteiger partial charge in [0.05, 0.1) is 29.5 Å². The molecule has 1 aliphatic rings. The molecule has 2 heterocycles. The van der Waals surface area contributed by atoms with Crippen molar-refractivity contribution in [2.24, 2.45) is 5.10 Å².